The van der Waals surface area contributed by atoms with E-state index in [2.05, 4.69) is 26.1 Å². The quantitative estimate of drug-likeness (QED) is 0.714. The molecule has 1 fully saturated rings. The highest BCUT2D eigenvalue weighted by Gasteiger charge is 2.46. The molecule has 2 atom stereocenters. The largest absolute Gasteiger partial charge is 0.480 e. The van der Waals surface area contributed by atoms with Crippen molar-refractivity contribution in [3.63, 3.8) is 0 Å². The molecule has 0 saturated heterocycles. The fraction of sp³-hybridized carbons (Fsp3) is 0.909. The predicted octanol–water partition coefficient (Wildman–Crippen LogP) is 1.88. The molecule has 0 bridgehead atoms. The Kier molecular flexibility index (Phi) is 2.91. The lowest BCUT2D eigenvalue weighted by Gasteiger charge is -2.45. The first-order chi connectivity index (χ1) is 6.31. The van der Waals surface area contributed by atoms with Crippen molar-refractivity contribution in [3.05, 3.63) is 0 Å². The Morgan fingerprint density at radius 1 is 1.43 bits per heavy atom. The molecule has 1 aliphatic rings. The molecule has 2 unspecified atom stereocenters. The number of rotatable bonds is 2. The molecule has 1 saturated carbocycles. The van der Waals surface area contributed by atoms with Gasteiger partial charge in [0.25, 0.3) is 0 Å². The van der Waals surface area contributed by atoms with Crippen molar-refractivity contribution in [3.8, 4) is 0 Å². The molecule has 14 heavy (non-hydrogen) atoms. The Labute approximate surface area is 85.9 Å². The Balaban J connectivity index is 2.92. The van der Waals surface area contributed by atoms with E-state index in [1.807, 2.05) is 0 Å². The summed E-state index contributed by atoms with van der Waals surface area (Å²) in [6.07, 6.45) is 2.57. The fourth-order valence-electron chi connectivity index (χ4n) is 3.03. The van der Waals surface area contributed by atoms with E-state index in [9.17, 15) is 9.90 Å². The van der Waals surface area contributed by atoms with Crippen LogP contribution in [0.25, 0.3) is 0 Å². The minimum Gasteiger partial charge on any atom is -0.480 e. The molecule has 1 rings (SSSR count). The number of aliphatic carboxylic acids is 1. The van der Waals surface area contributed by atoms with Crippen LogP contribution in [0.1, 0.15) is 40.0 Å². The lowest BCUT2D eigenvalue weighted by Crippen LogP contribution is -2.56. The Hall–Kier alpha value is -0.570. The van der Waals surface area contributed by atoms with Gasteiger partial charge in [-0.1, -0.05) is 20.8 Å². The van der Waals surface area contributed by atoms with Crippen molar-refractivity contribution < 1.29 is 9.90 Å². The number of carboxylic acid groups (broad SMARTS) is 1. The van der Waals surface area contributed by atoms with Crippen LogP contribution >= 0.6 is 0 Å². The van der Waals surface area contributed by atoms with Gasteiger partial charge in [0.2, 0.25) is 0 Å². The first-order valence-electron chi connectivity index (χ1n) is 5.24. The Morgan fingerprint density at radius 3 is 2.36 bits per heavy atom. The summed E-state index contributed by atoms with van der Waals surface area (Å²) in [6.45, 7) is 6.44. The van der Waals surface area contributed by atoms with Gasteiger partial charge in [0.15, 0.2) is 0 Å². The third kappa shape index (κ3) is 2.08. The van der Waals surface area contributed by atoms with Crippen molar-refractivity contribution in [2.45, 2.75) is 45.6 Å². The number of likely N-dealkylation sites (N-methyl/N-ethyl adjacent to an activating group) is 1. The molecule has 0 radical (unpaired) electrons. The van der Waals surface area contributed by atoms with Crippen LogP contribution in [0.4, 0.5) is 0 Å². The van der Waals surface area contributed by atoms with Gasteiger partial charge < -0.3 is 10.4 Å². The second-order valence-corrected chi connectivity index (χ2v) is 5.49. The molecule has 1 aliphatic carbocycles. The van der Waals surface area contributed by atoms with Crippen molar-refractivity contribution in [1.29, 1.82) is 0 Å². The van der Waals surface area contributed by atoms with E-state index >= 15 is 0 Å². The van der Waals surface area contributed by atoms with Gasteiger partial charge in [-0.3, -0.25) is 4.79 Å². The molecular formula is C11H21NO2. The second kappa shape index (κ2) is 3.54. The summed E-state index contributed by atoms with van der Waals surface area (Å²) in [7, 11) is 1.75. The minimum absolute atomic E-state index is 0.124. The van der Waals surface area contributed by atoms with Gasteiger partial charge in [0.05, 0.1) is 0 Å². The SMILES string of the molecule is CNC1(C(=O)O)CC(C)CC(C)(C)C1. The molecule has 82 valence electrons. The summed E-state index contributed by atoms with van der Waals surface area (Å²) in [5.41, 5.74) is -0.583. The molecule has 0 spiro atoms. The van der Waals surface area contributed by atoms with Crippen molar-refractivity contribution in [2.24, 2.45) is 11.3 Å². The monoisotopic (exact) mass is 199 g/mol. The van der Waals surface area contributed by atoms with Crippen LogP contribution < -0.4 is 5.32 Å². The maximum Gasteiger partial charge on any atom is 0.323 e. The molecule has 2 N–H and O–H groups in total. The number of hydrogen-bond donors (Lipinski definition) is 2. The van der Waals surface area contributed by atoms with Gasteiger partial charge >= 0.3 is 5.97 Å². The van der Waals surface area contributed by atoms with Gasteiger partial charge in [-0.2, -0.15) is 0 Å². The Bertz CT molecular complexity index is 237. The summed E-state index contributed by atoms with van der Waals surface area (Å²) in [4.78, 5) is 11.3. The van der Waals surface area contributed by atoms with Crippen molar-refractivity contribution >= 4 is 5.97 Å². The van der Waals surface area contributed by atoms with Crippen LogP contribution in [-0.2, 0) is 4.79 Å². The maximum absolute atomic E-state index is 11.3. The van der Waals surface area contributed by atoms with Gasteiger partial charge in [-0.25, -0.2) is 0 Å². The standard InChI is InChI=1S/C11H21NO2/c1-8-5-10(2,3)7-11(6-8,12-4)9(13)14/h8,12H,5-7H2,1-4H3,(H,13,14). The zero-order valence-electron chi connectivity index (χ0n) is 9.55. The number of carboxylic acids is 1. The number of carbonyl (C=O) groups is 1. The molecule has 0 aliphatic heterocycles. The van der Waals surface area contributed by atoms with Crippen LogP contribution in [0.2, 0.25) is 0 Å². The first-order valence-corrected chi connectivity index (χ1v) is 5.24. The highest BCUT2D eigenvalue weighted by molar-refractivity contribution is 5.79. The van der Waals surface area contributed by atoms with Crippen molar-refractivity contribution in [2.75, 3.05) is 7.05 Å². The molecular weight excluding hydrogens is 178 g/mol. The van der Waals surface area contributed by atoms with Crippen molar-refractivity contribution in [1.82, 2.24) is 5.32 Å². The van der Waals surface area contributed by atoms with Gasteiger partial charge in [0.1, 0.15) is 5.54 Å². The topological polar surface area (TPSA) is 49.3 Å². The van der Waals surface area contributed by atoms with E-state index in [1.54, 1.807) is 7.05 Å². The minimum atomic E-state index is -0.709. The Morgan fingerprint density at radius 2 is 2.00 bits per heavy atom. The molecule has 3 heteroatoms. The van der Waals surface area contributed by atoms with Crippen LogP contribution in [0.15, 0.2) is 0 Å². The van der Waals surface area contributed by atoms with Gasteiger partial charge in [-0.15, -0.1) is 0 Å². The van der Waals surface area contributed by atoms with E-state index < -0.39 is 11.5 Å². The number of hydrogen-bond acceptors (Lipinski definition) is 2. The van der Waals surface area contributed by atoms with E-state index in [4.69, 9.17) is 0 Å². The third-order valence-electron chi connectivity index (χ3n) is 3.27. The zero-order valence-corrected chi connectivity index (χ0v) is 9.55. The second-order valence-electron chi connectivity index (χ2n) is 5.49. The van der Waals surface area contributed by atoms with E-state index in [1.165, 1.54) is 0 Å². The molecule has 0 aromatic rings. The van der Waals surface area contributed by atoms with Crippen LogP contribution in [0.5, 0.6) is 0 Å². The van der Waals surface area contributed by atoms with Crippen LogP contribution in [0.3, 0.4) is 0 Å². The molecule has 0 aromatic heterocycles. The van der Waals surface area contributed by atoms with E-state index in [0.29, 0.717) is 5.92 Å². The van der Waals surface area contributed by atoms with Crippen LogP contribution in [-0.4, -0.2) is 23.7 Å². The average molecular weight is 199 g/mol. The third-order valence-corrected chi connectivity index (χ3v) is 3.27. The fourth-order valence-corrected chi connectivity index (χ4v) is 3.03. The predicted molar refractivity (Wildman–Crippen MR) is 56.2 cm³/mol. The lowest BCUT2D eigenvalue weighted by atomic mass is 9.64. The molecule has 0 amide bonds. The van der Waals surface area contributed by atoms with Gasteiger partial charge in [-0.05, 0) is 37.6 Å². The first kappa shape index (κ1) is 11.5. The smallest absolute Gasteiger partial charge is 0.323 e. The van der Waals surface area contributed by atoms with E-state index in [0.717, 1.165) is 19.3 Å². The molecule has 3 nitrogen and oxygen atoms in total. The van der Waals surface area contributed by atoms with Gasteiger partial charge in [0, 0.05) is 0 Å². The zero-order chi connectivity index (χ0) is 11.0. The summed E-state index contributed by atoms with van der Waals surface area (Å²) < 4.78 is 0. The summed E-state index contributed by atoms with van der Waals surface area (Å²) in [5, 5.41) is 12.3. The highest BCUT2D eigenvalue weighted by atomic mass is 16.4. The van der Waals surface area contributed by atoms with Crippen LogP contribution in [0, 0.1) is 11.3 Å². The van der Waals surface area contributed by atoms with E-state index in [-0.39, 0.29) is 5.41 Å². The summed E-state index contributed by atoms with van der Waals surface area (Å²) in [5.74, 6) is -0.234. The average Bonchev–Trinajstić information content (AvgIpc) is 2.00. The maximum atomic E-state index is 11.3. The summed E-state index contributed by atoms with van der Waals surface area (Å²) in [6, 6.07) is 0. The number of nitrogens with one attached hydrogen (secondary N) is 1. The highest BCUT2D eigenvalue weighted by Crippen LogP contribution is 2.43. The molecule has 0 heterocycles. The normalized spacial score (nSPS) is 36.7. The molecule has 0 aromatic carbocycles. The lowest BCUT2D eigenvalue weighted by molar-refractivity contribution is -0.149. The summed E-state index contributed by atoms with van der Waals surface area (Å²) >= 11 is 0.